The summed E-state index contributed by atoms with van der Waals surface area (Å²) in [5.74, 6) is 0. The molecule has 152 valence electrons. The molecule has 0 fully saturated rings. The highest BCUT2D eigenvalue weighted by Crippen LogP contribution is 2.41. The minimum Gasteiger partial charge on any atom is -0.309 e. The lowest BCUT2D eigenvalue weighted by Gasteiger charge is -2.10. The van der Waals surface area contributed by atoms with Crippen molar-refractivity contribution in [2.24, 2.45) is 0 Å². The van der Waals surface area contributed by atoms with Gasteiger partial charge in [-0.2, -0.15) is 0 Å². The average Bonchev–Trinajstić information content (AvgIpc) is 3.36. The number of aromatic nitrogens is 2. The Balaban J connectivity index is 1.92. The third kappa shape index (κ3) is 2.47. The van der Waals surface area contributed by atoms with Gasteiger partial charge in [0, 0.05) is 32.9 Å². The number of nitrogens with zero attached hydrogens (tertiary/aromatic N) is 2. The standard InChI is InChI=1S/C30H22N2/c1-3-12-21(4-2)32-26-17-10-8-15-23(26)24-19-20-28-29(30(24)32)25-16-9-11-18-27(25)31(28)22-13-6-5-7-14-22/h3-20H,1-2H2/b21-12+. The Labute approximate surface area is 186 Å². The van der Waals surface area contributed by atoms with Gasteiger partial charge in [-0.05, 0) is 42.5 Å². The van der Waals surface area contributed by atoms with Gasteiger partial charge in [0.25, 0.3) is 0 Å². The first-order valence-electron chi connectivity index (χ1n) is 10.8. The molecule has 0 saturated heterocycles. The van der Waals surface area contributed by atoms with E-state index in [4.69, 9.17) is 0 Å². The van der Waals surface area contributed by atoms with Crippen LogP contribution in [0.4, 0.5) is 0 Å². The molecule has 0 amide bonds. The maximum absolute atomic E-state index is 4.10. The summed E-state index contributed by atoms with van der Waals surface area (Å²) in [5.41, 5.74) is 6.92. The molecule has 0 bridgehead atoms. The lowest BCUT2D eigenvalue weighted by atomic mass is 10.1. The Morgan fingerprint density at radius 3 is 2.06 bits per heavy atom. The Morgan fingerprint density at radius 1 is 0.625 bits per heavy atom. The second-order valence-corrected chi connectivity index (χ2v) is 7.93. The van der Waals surface area contributed by atoms with E-state index in [9.17, 15) is 0 Å². The molecule has 6 aromatic rings. The van der Waals surface area contributed by atoms with Crippen molar-refractivity contribution in [3.8, 4) is 5.69 Å². The van der Waals surface area contributed by atoms with Crippen LogP contribution in [0.3, 0.4) is 0 Å². The van der Waals surface area contributed by atoms with E-state index in [1.807, 2.05) is 18.2 Å². The molecule has 0 saturated carbocycles. The maximum atomic E-state index is 4.10. The van der Waals surface area contributed by atoms with Gasteiger partial charge in [-0.3, -0.25) is 0 Å². The van der Waals surface area contributed by atoms with Gasteiger partial charge in [0.05, 0.1) is 22.1 Å². The molecule has 0 spiro atoms. The predicted octanol–water partition coefficient (Wildman–Crippen LogP) is 8.10. The van der Waals surface area contributed by atoms with E-state index >= 15 is 0 Å². The van der Waals surface area contributed by atoms with Crippen LogP contribution in [0.15, 0.2) is 122 Å². The quantitative estimate of drug-likeness (QED) is 0.260. The molecule has 0 aliphatic rings. The molecule has 0 unspecified atom stereocenters. The van der Waals surface area contributed by atoms with Crippen molar-refractivity contribution < 1.29 is 0 Å². The van der Waals surface area contributed by atoms with E-state index in [1.165, 1.54) is 43.6 Å². The smallest absolute Gasteiger partial charge is 0.0641 e. The molecule has 4 aromatic carbocycles. The van der Waals surface area contributed by atoms with Crippen molar-refractivity contribution in [1.29, 1.82) is 0 Å². The zero-order valence-corrected chi connectivity index (χ0v) is 17.7. The number of benzene rings is 4. The van der Waals surface area contributed by atoms with Gasteiger partial charge in [-0.25, -0.2) is 0 Å². The Morgan fingerprint density at radius 2 is 1.31 bits per heavy atom. The topological polar surface area (TPSA) is 9.86 Å². The van der Waals surface area contributed by atoms with Crippen LogP contribution in [0.25, 0.3) is 55.0 Å². The first kappa shape index (κ1) is 18.5. The zero-order chi connectivity index (χ0) is 21.7. The summed E-state index contributed by atoms with van der Waals surface area (Å²) >= 11 is 0. The van der Waals surface area contributed by atoms with Crippen molar-refractivity contribution in [1.82, 2.24) is 9.13 Å². The van der Waals surface area contributed by atoms with Crippen molar-refractivity contribution >= 4 is 49.3 Å². The van der Waals surface area contributed by atoms with Gasteiger partial charge >= 0.3 is 0 Å². The van der Waals surface area contributed by atoms with Crippen LogP contribution in [0.5, 0.6) is 0 Å². The fourth-order valence-corrected chi connectivity index (χ4v) is 4.99. The van der Waals surface area contributed by atoms with Crippen LogP contribution < -0.4 is 0 Å². The molecule has 6 rings (SSSR count). The van der Waals surface area contributed by atoms with Crippen LogP contribution in [0.1, 0.15) is 0 Å². The molecule has 2 heterocycles. The highest BCUT2D eigenvalue weighted by molar-refractivity contribution is 6.26. The van der Waals surface area contributed by atoms with Gasteiger partial charge in [0.15, 0.2) is 0 Å². The fraction of sp³-hybridized carbons (Fsp3) is 0. The van der Waals surface area contributed by atoms with Crippen LogP contribution in [-0.2, 0) is 0 Å². The Hall–Kier alpha value is -4.30. The Kier molecular flexibility index (Phi) is 4.12. The molecule has 2 heteroatoms. The SMILES string of the molecule is C=C/C=C(\C=C)n1c2ccccc2c2ccc3c(c4ccccc4n3-c3ccccc3)c21. The third-order valence-electron chi connectivity index (χ3n) is 6.24. The van der Waals surface area contributed by atoms with Crippen molar-refractivity contribution in [2.75, 3.05) is 0 Å². The van der Waals surface area contributed by atoms with Crippen LogP contribution in [0.2, 0.25) is 0 Å². The molecule has 0 aliphatic carbocycles. The number of para-hydroxylation sites is 3. The van der Waals surface area contributed by atoms with Gasteiger partial charge < -0.3 is 9.13 Å². The summed E-state index contributed by atoms with van der Waals surface area (Å²) in [4.78, 5) is 0. The van der Waals surface area contributed by atoms with E-state index in [-0.39, 0.29) is 0 Å². The van der Waals surface area contributed by atoms with Crippen molar-refractivity contribution in [2.45, 2.75) is 0 Å². The van der Waals surface area contributed by atoms with Crippen LogP contribution in [-0.4, -0.2) is 9.13 Å². The van der Waals surface area contributed by atoms with Gasteiger partial charge in [-0.15, -0.1) is 0 Å². The van der Waals surface area contributed by atoms with E-state index in [0.29, 0.717) is 0 Å². The molecule has 0 aliphatic heterocycles. The maximum Gasteiger partial charge on any atom is 0.0641 e. The molecule has 2 aromatic heterocycles. The van der Waals surface area contributed by atoms with E-state index in [0.717, 1.165) is 11.4 Å². The normalized spacial score (nSPS) is 12.2. The zero-order valence-electron chi connectivity index (χ0n) is 17.7. The van der Waals surface area contributed by atoms with Gasteiger partial charge in [0.1, 0.15) is 0 Å². The minimum absolute atomic E-state index is 1.01. The highest BCUT2D eigenvalue weighted by Gasteiger charge is 2.20. The first-order valence-corrected chi connectivity index (χ1v) is 10.8. The van der Waals surface area contributed by atoms with Gasteiger partial charge in [0.2, 0.25) is 0 Å². The lowest BCUT2D eigenvalue weighted by Crippen LogP contribution is -1.95. The van der Waals surface area contributed by atoms with Crippen LogP contribution in [0, 0.1) is 0 Å². The second-order valence-electron chi connectivity index (χ2n) is 7.93. The number of hydrogen-bond donors (Lipinski definition) is 0. The molecule has 2 nitrogen and oxygen atoms in total. The summed E-state index contributed by atoms with van der Waals surface area (Å²) in [6, 6.07) is 32.3. The average molecular weight is 411 g/mol. The van der Waals surface area contributed by atoms with E-state index in [2.05, 4.69) is 113 Å². The van der Waals surface area contributed by atoms with Gasteiger partial charge in [-0.1, -0.05) is 79.9 Å². The molecule has 32 heavy (non-hydrogen) atoms. The number of rotatable bonds is 4. The summed E-state index contributed by atoms with van der Waals surface area (Å²) in [5, 5.41) is 4.96. The Bertz CT molecular complexity index is 1690. The lowest BCUT2D eigenvalue weighted by molar-refractivity contribution is 1.18. The molecular formula is C30H22N2. The van der Waals surface area contributed by atoms with Crippen molar-refractivity contribution in [3.05, 3.63) is 122 Å². The monoisotopic (exact) mass is 410 g/mol. The minimum atomic E-state index is 1.01. The largest absolute Gasteiger partial charge is 0.309 e. The molecule has 0 atom stereocenters. The number of fused-ring (bicyclic) bond motifs is 7. The summed E-state index contributed by atoms with van der Waals surface area (Å²) in [7, 11) is 0. The summed E-state index contributed by atoms with van der Waals surface area (Å²) in [6.45, 7) is 8.04. The summed E-state index contributed by atoms with van der Waals surface area (Å²) in [6.07, 6.45) is 5.75. The third-order valence-corrected chi connectivity index (χ3v) is 6.24. The highest BCUT2D eigenvalue weighted by atomic mass is 15.0. The molecular weight excluding hydrogens is 388 g/mol. The molecule has 0 N–H and O–H groups in total. The molecule has 0 radical (unpaired) electrons. The second kappa shape index (κ2) is 7.14. The van der Waals surface area contributed by atoms with Crippen molar-refractivity contribution in [3.63, 3.8) is 0 Å². The fourth-order valence-electron chi connectivity index (χ4n) is 4.99. The summed E-state index contributed by atoms with van der Waals surface area (Å²) < 4.78 is 4.68. The number of hydrogen-bond acceptors (Lipinski definition) is 0. The number of allylic oxidation sites excluding steroid dienone is 4. The van der Waals surface area contributed by atoms with E-state index in [1.54, 1.807) is 0 Å². The predicted molar refractivity (Wildman–Crippen MR) is 138 cm³/mol. The van der Waals surface area contributed by atoms with E-state index < -0.39 is 0 Å². The first-order chi connectivity index (χ1) is 15.8. The van der Waals surface area contributed by atoms with Crippen LogP contribution >= 0.6 is 0 Å².